The Morgan fingerprint density at radius 2 is 1.81 bits per heavy atom. The van der Waals surface area contributed by atoms with Gasteiger partial charge in [-0.15, -0.1) is 0 Å². The van der Waals surface area contributed by atoms with E-state index in [2.05, 4.69) is 15.0 Å². The van der Waals surface area contributed by atoms with E-state index < -0.39 is 36.6 Å². The molecule has 1 fully saturated rings. The fraction of sp³-hybridized carbons (Fsp3) is 0.478. The number of nitrogens with two attached hydrogens (primary N) is 3. The maximum atomic E-state index is 11.2. The van der Waals surface area contributed by atoms with Gasteiger partial charge in [-0.2, -0.15) is 0 Å². The molecule has 3 aromatic rings. The molecule has 0 bridgehead atoms. The van der Waals surface area contributed by atoms with Crippen LogP contribution in [0.1, 0.15) is 30.7 Å². The number of hydrogen-bond acceptors (Lipinski definition) is 11. The van der Waals surface area contributed by atoms with Crippen molar-refractivity contribution in [2.24, 2.45) is 11.5 Å². The zero-order valence-electron chi connectivity index (χ0n) is 19.7. The lowest BCUT2D eigenvalue weighted by atomic mass is 10.0. The molecule has 0 spiro atoms. The summed E-state index contributed by atoms with van der Waals surface area (Å²) < 4.78 is 7.57. The van der Waals surface area contributed by atoms with E-state index in [-0.39, 0.29) is 24.8 Å². The summed E-state index contributed by atoms with van der Waals surface area (Å²) in [5.41, 5.74) is 19.7. The number of nitrogen functional groups attached to an aromatic ring is 1. The third-order valence-electron chi connectivity index (χ3n) is 6.49. The number of fused-ring (bicyclic) bond motifs is 1. The first-order valence-corrected chi connectivity index (χ1v) is 11.7. The average Bonchev–Trinajstić information content (AvgIpc) is 3.42. The van der Waals surface area contributed by atoms with Crippen molar-refractivity contribution in [2.75, 3.05) is 25.4 Å². The number of anilines is 1. The molecule has 0 radical (unpaired) electrons. The molecule has 3 heterocycles. The standard InChI is InChI=1S/C23H32N8O5/c24-14(13-4-2-1-3-5-13)6-8-30(9-7-15(25)23(34)35)10-16-18(32)19(33)22(36-16)31-12-29-17-20(26)27-11-28-21(17)31/h1-5,11-12,14-16,18-19,22,32-33H,6-10,24-25H2,(H,34,35)(H2,26,27,28)/t14?,15-,16+,18+,19+,22+/m0/s1. The van der Waals surface area contributed by atoms with Gasteiger partial charge in [-0.05, 0) is 18.4 Å². The number of aliphatic hydroxyl groups is 2. The van der Waals surface area contributed by atoms with Crippen molar-refractivity contribution in [3.05, 3.63) is 48.5 Å². The molecule has 36 heavy (non-hydrogen) atoms. The quantitative estimate of drug-likeness (QED) is 0.191. The van der Waals surface area contributed by atoms with E-state index in [1.165, 1.54) is 17.2 Å². The number of carbonyl (C=O) groups is 1. The molecule has 9 N–H and O–H groups in total. The van der Waals surface area contributed by atoms with Crippen LogP contribution in [0, 0.1) is 0 Å². The highest BCUT2D eigenvalue weighted by molar-refractivity contribution is 5.81. The van der Waals surface area contributed by atoms with Crippen LogP contribution >= 0.6 is 0 Å². The number of ether oxygens (including phenoxy) is 1. The number of benzene rings is 1. The molecule has 4 rings (SSSR count). The van der Waals surface area contributed by atoms with Crippen molar-refractivity contribution in [2.45, 2.75) is 49.5 Å². The van der Waals surface area contributed by atoms with Crippen LogP contribution < -0.4 is 17.2 Å². The van der Waals surface area contributed by atoms with Gasteiger partial charge in [0.15, 0.2) is 17.7 Å². The molecule has 1 saturated heterocycles. The van der Waals surface area contributed by atoms with E-state index in [0.29, 0.717) is 30.7 Å². The van der Waals surface area contributed by atoms with Crippen LogP contribution in [-0.4, -0.2) is 89.7 Å². The summed E-state index contributed by atoms with van der Waals surface area (Å²) in [6, 6.07) is 8.41. The van der Waals surface area contributed by atoms with Crippen LogP contribution in [-0.2, 0) is 9.53 Å². The number of rotatable bonds is 11. The summed E-state index contributed by atoms with van der Waals surface area (Å²) in [4.78, 5) is 25.4. The molecule has 0 saturated carbocycles. The van der Waals surface area contributed by atoms with Gasteiger partial charge >= 0.3 is 5.97 Å². The van der Waals surface area contributed by atoms with Crippen LogP contribution in [0.5, 0.6) is 0 Å². The Balaban J connectivity index is 1.46. The number of imidazole rings is 1. The molecular weight excluding hydrogens is 468 g/mol. The van der Waals surface area contributed by atoms with E-state index >= 15 is 0 Å². The number of aliphatic hydroxyl groups excluding tert-OH is 2. The Hall–Kier alpha value is -3.20. The molecule has 2 aromatic heterocycles. The molecule has 13 heteroatoms. The Labute approximate surface area is 207 Å². The van der Waals surface area contributed by atoms with Crippen molar-refractivity contribution in [1.29, 1.82) is 0 Å². The van der Waals surface area contributed by atoms with Gasteiger partial charge in [0.25, 0.3) is 0 Å². The smallest absolute Gasteiger partial charge is 0.320 e. The first kappa shape index (κ1) is 25.9. The summed E-state index contributed by atoms with van der Waals surface area (Å²) in [5.74, 6) is -0.893. The molecule has 1 aliphatic rings. The van der Waals surface area contributed by atoms with Crippen LogP contribution in [0.3, 0.4) is 0 Å². The summed E-state index contributed by atoms with van der Waals surface area (Å²) in [6.45, 7) is 1.08. The molecule has 1 aliphatic heterocycles. The Morgan fingerprint density at radius 1 is 1.08 bits per heavy atom. The van der Waals surface area contributed by atoms with Gasteiger partial charge in [0, 0.05) is 25.7 Å². The van der Waals surface area contributed by atoms with Gasteiger partial charge in [-0.1, -0.05) is 30.3 Å². The third-order valence-corrected chi connectivity index (χ3v) is 6.49. The minimum atomic E-state index is -1.25. The van der Waals surface area contributed by atoms with E-state index in [0.717, 1.165) is 5.56 Å². The zero-order valence-corrected chi connectivity index (χ0v) is 19.7. The van der Waals surface area contributed by atoms with Gasteiger partial charge in [-0.3, -0.25) is 9.36 Å². The van der Waals surface area contributed by atoms with Gasteiger partial charge in [0.05, 0.1) is 6.33 Å². The molecule has 1 aromatic carbocycles. The van der Waals surface area contributed by atoms with E-state index in [1.54, 1.807) is 0 Å². The lowest BCUT2D eigenvalue weighted by molar-refractivity contribution is -0.138. The minimum Gasteiger partial charge on any atom is -0.480 e. The van der Waals surface area contributed by atoms with Crippen molar-refractivity contribution in [3.63, 3.8) is 0 Å². The first-order valence-electron chi connectivity index (χ1n) is 11.7. The van der Waals surface area contributed by atoms with Gasteiger partial charge in [0.1, 0.15) is 36.2 Å². The largest absolute Gasteiger partial charge is 0.480 e. The van der Waals surface area contributed by atoms with Crippen molar-refractivity contribution in [3.8, 4) is 0 Å². The van der Waals surface area contributed by atoms with E-state index in [1.807, 2.05) is 35.2 Å². The fourth-order valence-corrected chi connectivity index (χ4v) is 4.35. The summed E-state index contributed by atoms with van der Waals surface area (Å²) in [7, 11) is 0. The van der Waals surface area contributed by atoms with E-state index in [9.17, 15) is 20.1 Å². The SMILES string of the molecule is Nc1ncnc2c1ncn2[C@@H]1O[C@H](CN(CCC(N)c2ccccc2)CC[C@H](N)C(=O)O)[C@@H](O)[C@H]1O. The Morgan fingerprint density at radius 3 is 2.53 bits per heavy atom. The number of aliphatic carboxylic acids is 1. The lowest BCUT2D eigenvalue weighted by Crippen LogP contribution is -2.43. The molecule has 194 valence electrons. The van der Waals surface area contributed by atoms with Crippen LogP contribution in [0.2, 0.25) is 0 Å². The Bertz CT molecular complexity index is 1160. The van der Waals surface area contributed by atoms with Crippen molar-refractivity contribution < 1.29 is 24.9 Å². The second-order valence-corrected chi connectivity index (χ2v) is 8.97. The number of carboxylic acid groups (broad SMARTS) is 1. The molecular formula is C23H32N8O5. The van der Waals surface area contributed by atoms with Crippen LogP contribution in [0.4, 0.5) is 5.82 Å². The molecule has 13 nitrogen and oxygen atoms in total. The zero-order chi connectivity index (χ0) is 25.8. The fourth-order valence-electron chi connectivity index (χ4n) is 4.35. The second-order valence-electron chi connectivity index (χ2n) is 8.97. The predicted octanol–water partition coefficient (Wildman–Crippen LogP) is -0.778. The van der Waals surface area contributed by atoms with Crippen LogP contribution in [0.15, 0.2) is 43.0 Å². The monoisotopic (exact) mass is 500 g/mol. The predicted molar refractivity (Wildman–Crippen MR) is 130 cm³/mol. The molecule has 1 unspecified atom stereocenters. The van der Waals surface area contributed by atoms with Gasteiger partial charge in [-0.25, -0.2) is 15.0 Å². The van der Waals surface area contributed by atoms with Crippen molar-refractivity contribution in [1.82, 2.24) is 24.4 Å². The number of nitrogens with zero attached hydrogens (tertiary/aromatic N) is 5. The van der Waals surface area contributed by atoms with E-state index in [4.69, 9.17) is 21.9 Å². The number of carboxylic acids is 1. The minimum absolute atomic E-state index is 0.194. The van der Waals surface area contributed by atoms with Crippen LogP contribution in [0.25, 0.3) is 11.2 Å². The second kappa shape index (κ2) is 11.2. The summed E-state index contributed by atoms with van der Waals surface area (Å²) in [5, 5.41) is 30.7. The normalized spacial score (nSPS) is 23.8. The van der Waals surface area contributed by atoms with Gasteiger partial charge < -0.3 is 42.2 Å². The third kappa shape index (κ3) is 5.61. The highest BCUT2D eigenvalue weighted by atomic mass is 16.6. The maximum Gasteiger partial charge on any atom is 0.320 e. The average molecular weight is 501 g/mol. The maximum absolute atomic E-state index is 11.2. The highest BCUT2D eigenvalue weighted by Gasteiger charge is 2.44. The summed E-state index contributed by atoms with van der Waals surface area (Å²) >= 11 is 0. The molecule has 0 amide bonds. The molecule has 0 aliphatic carbocycles. The Kier molecular flexibility index (Phi) is 8.08. The highest BCUT2D eigenvalue weighted by Crippen LogP contribution is 2.32. The van der Waals surface area contributed by atoms with Crippen molar-refractivity contribution >= 4 is 23.0 Å². The number of hydrogen-bond donors (Lipinski definition) is 6. The lowest BCUT2D eigenvalue weighted by Gasteiger charge is -2.28. The number of aromatic nitrogens is 4. The molecule has 6 atom stereocenters. The topological polar surface area (TPSA) is 212 Å². The summed E-state index contributed by atoms with van der Waals surface area (Å²) in [6.07, 6.45) is -0.662. The van der Waals surface area contributed by atoms with Gasteiger partial charge in [0.2, 0.25) is 0 Å². The first-order chi connectivity index (χ1) is 17.3.